The minimum absolute atomic E-state index is 0. The van der Waals surface area contributed by atoms with Gasteiger partial charge in [0.1, 0.15) is 5.75 Å². The van der Waals surface area contributed by atoms with Gasteiger partial charge in [-0.25, -0.2) is 0 Å². The number of carbonyl (C=O) groups is 2. The quantitative estimate of drug-likeness (QED) is 0.839. The van der Waals surface area contributed by atoms with E-state index in [4.69, 9.17) is 4.74 Å². The topological polar surface area (TPSA) is 61.9 Å². The largest absolute Gasteiger partial charge is 0.497 e. The first kappa shape index (κ1) is 20.5. The van der Waals surface area contributed by atoms with Crippen molar-refractivity contribution in [3.63, 3.8) is 0 Å². The first-order valence-electron chi connectivity index (χ1n) is 9.07. The second-order valence-electron chi connectivity index (χ2n) is 6.79. The van der Waals surface area contributed by atoms with Crippen molar-refractivity contribution in [3.8, 4) is 5.75 Å². The predicted octanol–water partition coefficient (Wildman–Crippen LogP) is 1.47. The minimum Gasteiger partial charge on any atom is -0.497 e. The first-order chi connectivity index (χ1) is 12.2. The van der Waals surface area contributed by atoms with Crippen molar-refractivity contribution in [2.45, 2.75) is 31.7 Å². The fraction of sp³-hybridized carbons (Fsp3) is 0.579. The lowest BCUT2D eigenvalue weighted by Gasteiger charge is -2.35. The lowest BCUT2D eigenvalue weighted by molar-refractivity contribution is -0.139. The second kappa shape index (κ2) is 9.78. The zero-order valence-corrected chi connectivity index (χ0v) is 16.1. The Kier molecular flexibility index (Phi) is 7.72. The molecular formula is C19H28ClN3O3. The number of benzene rings is 1. The Morgan fingerprint density at radius 2 is 1.85 bits per heavy atom. The number of halogens is 1. The van der Waals surface area contributed by atoms with E-state index >= 15 is 0 Å². The van der Waals surface area contributed by atoms with Crippen LogP contribution in [0.5, 0.6) is 5.75 Å². The molecular weight excluding hydrogens is 354 g/mol. The molecule has 26 heavy (non-hydrogen) atoms. The molecule has 0 radical (unpaired) electrons. The summed E-state index contributed by atoms with van der Waals surface area (Å²) in [4.78, 5) is 28.6. The van der Waals surface area contributed by atoms with E-state index in [0.717, 1.165) is 30.7 Å². The van der Waals surface area contributed by atoms with E-state index in [1.54, 1.807) is 7.11 Å². The molecule has 6 nitrogen and oxygen atoms in total. The lowest BCUT2D eigenvalue weighted by Crippen LogP contribution is -2.51. The monoisotopic (exact) mass is 381 g/mol. The Balaban J connectivity index is 0.00000243. The normalized spacial score (nSPS) is 19.8. The van der Waals surface area contributed by atoms with Gasteiger partial charge in [-0.1, -0.05) is 12.1 Å². The number of nitrogens with one attached hydrogen (secondary N) is 1. The summed E-state index contributed by atoms with van der Waals surface area (Å²) in [6, 6.07) is 7.94. The molecule has 1 atom stereocenters. The van der Waals surface area contributed by atoms with Crippen molar-refractivity contribution in [1.82, 2.24) is 15.1 Å². The number of amides is 2. The fourth-order valence-electron chi connectivity index (χ4n) is 3.54. The van der Waals surface area contributed by atoms with Crippen LogP contribution in [0.3, 0.4) is 0 Å². The SMILES string of the molecule is COc1cccc(CC(=O)N2CCN(C(=O)CC3CCCN3)CC2)c1.Cl. The summed E-state index contributed by atoms with van der Waals surface area (Å²) in [7, 11) is 1.62. The Morgan fingerprint density at radius 3 is 2.46 bits per heavy atom. The van der Waals surface area contributed by atoms with Gasteiger partial charge < -0.3 is 19.9 Å². The van der Waals surface area contributed by atoms with Crippen LogP contribution in [0.4, 0.5) is 0 Å². The van der Waals surface area contributed by atoms with Gasteiger partial charge in [-0.3, -0.25) is 9.59 Å². The van der Waals surface area contributed by atoms with E-state index in [1.165, 1.54) is 0 Å². The van der Waals surface area contributed by atoms with Gasteiger partial charge in [0, 0.05) is 38.6 Å². The molecule has 144 valence electrons. The number of carbonyl (C=O) groups excluding carboxylic acids is 2. The zero-order chi connectivity index (χ0) is 17.6. The summed E-state index contributed by atoms with van der Waals surface area (Å²) in [5.74, 6) is 1.08. The van der Waals surface area contributed by atoms with Crippen LogP contribution in [0.25, 0.3) is 0 Å². The molecule has 3 rings (SSSR count). The standard InChI is InChI=1S/C19H27N3O3.ClH/c1-25-17-6-2-4-15(12-17)13-18(23)21-8-10-22(11-9-21)19(24)14-16-5-3-7-20-16;/h2,4,6,12,16,20H,3,5,7-11,13-14H2,1H3;1H. The Labute approximate surface area is 161 Å². The highest BCUT2D eigenvalue weighted by molar-refractivity contribution is 5.85. The Morgan fingerprint density at radius 1 is 1.15 bits per heavy atom. The summed E-state index contributed by atoms with van der Waals surface area (Å²) < 4.78 is 5.20. The fourth-order valence-corrected chi connectivity index (χ4v) is 3.54. The van der Waals surface area contributed by atoms with Crippen molar-refractivity contribution >= 4 is 24.2 Å². The van der Waals surface area contributed by atoms with Gasteiger partial charge in [-0.15, -0.1) is 12.4 Å². The zero-order valence-electron chi connectivity index (χ0n) is 15.3. The molecule has 0 aromatic heterocycles. The average Bonchev–Trinajstić information content (AvgIpc) is 3.15. The van der Waals surface area contributed by atoms with Crippen LogP contribution in [0, 0.1) is 0 Å². The van der Waals surface area contributed by atoms with E-state index in [2.05, 4.69) is 5.32 Å². The summed E-state index contributed by atoms with van der Waals surface area (Å²) in [5.41, 5.74) is 0.954. The van der Waals surface area contributed by atoms with Gasteiger partial charge in [0.15, 0.2) is 0 Å². The molecule has 2 aliphatic heterocycles. The second-order valence-corrected chi connectivity index (χ2v) is 6.79. The van der Waals surface area contributed by atoms with Crippen LogP contribution in [0.2, 0.25) is 0 Å². The van der Waals surface area contributed by atoms with E-state index < -0.39 is 0 Å². The molecule has 2 aliphatic rings. The van der Waals surface area contributed by atoms with Crippen molar-refractivity contribution in [2.24, 2.45) is 0 Å². The molecule has 2 fully saturated rings. The minimum atomic E-state index is 0. The van der Waals surface area contributed by atoms with Crippen LogP contribution in [0.1, 0.15) is 24.8 Å². The molecule has 1 unspecified atom stereocenters. The molecule has 1 N–H and O–H groups in total. The summed E-state index contributed by atoms with van der Waals surface area (Å²) in [6.45, 7) is 3.52. The van der Waals surface area contributed by atoms with Gasteiger partial charge in [0.05, 0.1) is 13.5 Å². The Bertz CT molecular complexity index is 612. The highest BCUT2D eigenvalue weighted by atomic mass is 35.5. The van der Waals surface area contributed by atoms with E-state index in [0.29, 0.717) is 45.1 Å². The smallest absolute Gasteiger partial charge is 0.227 e. The number of hydrogen-bond acceptors (Lipinski definition) is 4. The maximum Gasteiger partial charge on any atom is 0.227 e. The highest BCUT2D eigenvalue weighted by Crippen LogP contribution is 2.15. The van der Waals surface area contributed by atoms with Crippen LogP contribution in [0.15, 0.2) is 24.3 Å². The van der Waals surface area contributed by atoms with Crippen LogP contribution in [-0.4, -0.2) is 67.5 Å². The molecule has 0 saturated carbocycles. The third kappa shape index (κ3) is 5.35. The maximum absolute atomic E-state index is 12.5. The molecule has 2 heterocycles. The van der Waals surface area contributed by atoms with Crippen molar-refractivity contribution in [2.75, 3.05) is 39.8 Å². The van der Waals surface area contributed by atoms with Crippen molar-refractivity contribution in [1.29, 1.82) is 0 Å². The predicted molar refractivity (Wildman–Crippen MR) is 103 cm³/mol. The summed E-state index contributed by atoms with van der Waals surface area (Å²) in [5, 5.41) is 3.37. The third-order valence-electron chi connectivity index (χ3n) is 5.06. The molecule has 0 spiro atoms. The van der Waals surface area contributed by atoms with E-state index in [1.807, 2.05) is 34.1 Å². The molecule has 0 bridgehead atoms. The molecule has 2 saturated heterocycles. The number of methoxy groups -OCH3 is 1. The molecule has 7 heteroatoms. The first-order valence-corrected chi connectivity index (χ1v) is 9.07. The molecule has 2 amide bonds. The number of hydrogen-bond donors (Lipinski definition) is 1. The molecule has 1 aromatic carbocycles. The Hall–Kier alpha value is -1.79. The van der Waals surface area contributed by atoms with Gasteiger partial charge >= 0.3 is 0 Å². The van der Waals surface area contributed by atoms with Gasteiger partial charge in [-0.2, -0.15) is 0 Å². The van der Waals surface area contributed by atoms with Crippen LogP contribution in [-0.2, 0) is 16.0 Å². The lowest BCUT2D eigenvalue weighted by atomic mass is 10.1. The number of nitrogens with zero attached hydrogens (tertiary/aromatic N) is 2. The summed E-state index contributed by atoms with van der Waals surface area (Å²) in [6.07, 6.45) is 3.20. The average molecular weight is 382 g/mol. The van der Waals surface area contributed by atoms with Crippen molar-refractivity contribution in [3.05, 3.63) is 29.8 Å². The molecule has 0 aliphatic carbocycles. The van der Waals surface area contributed by atoms with Gasteiger partial charge in [0.2, 0.25) is 11.8 Å². The van der Waals surface area contributed by atoms with Gasteiger partial charge in [-0.05, 0) is 37.1 Å². The van der Waals surface area contributed by atoms with E-state index in [9.17, 15) is 9.59 Å². The number of rotatable bonds is 5. The number of ether oxygens (including phenoxy) is 1. The van der Waals surface area contributed by atoms with E-state index in [-0.39, 0.29) is 24.2 Å². The highest BCUT2D eigenvalue weighted by Gasteiger charge is 2.26. The van der Waals surface area contributed by atoms with Crippen LogP contribution < -0.4 is 10.1 Å². The maximum atomic E-state index is 12.5. The molecule has 1 aromatic rings. The summed E-state index contributed by atoms with van der Waals surface area (Å²) >= 11 is 0. The number of piperazine rings is 1. The van der Waals surface area contributed by atoms with Gasteiger partial charge in [0.25, 0.3) is 0 Å². The van der Waals surface area contributed by atoms with Crippen molar-refractivity contribution < 1.29 is 14.3 Å². The van der Waals surface area contributed by atoms with Crippen LogP contribution >= 0.6 is 12.4 Å². The third-order valence-corrected chi connectivity index (χ3v) is 5.06.